The van der Waals surface area contributed by atoms with Gasteiger partial charge in [0, 0.05) is 0 Å². The standard InChI is InChI=1S/C16H32O4/c1-5-16(8-6-7-9-16)20-15(4)12-19-14(3)11-18-13(2)10-17/h13-15,17H,5-12H2,1-4H3. The molecule has 3 atom stereocenters. The molecule has 4 heteroatoms. The first-order chi connectivity index (χ1) is 9.51. The Morgan fingerprint density at radius 1 is 0.950 bits per heavy atom. The van der Waals surface area contributed by atoms with Gasteiger partial charge < -0.3 is 19.3 Å². The van der Waals surface area contributed by atoms with Crippen LogP contribution in [0.25, 0.3) is 0 Å². The Balaban J connectivity index is 2.20. The van der Waals surface area contributed by atoms with Gasteiger partial charge in [0.2, 0.25) is 0 Å². The average Bonchev–Trinajstić information content (AvgIpc) is 2.91. The molecule has 1 saturated carbocycles. The zero-order valence-electron chi connectivity index (χ0n) is 13.6. The number of hydrogen-bond donors (Lipinski definition) is 1. The number of rotatable bonds is 10. The van der Waals surface area contributed by atoms with Gasteiger partial charge in [0.25, 0.3) is 0 Å². The second kappa shape index (κ2) is 8.98. The molecular formula is C16H32O4. The van der Waals surface area contributed by atoms with Crippen LogP contribution in [0.2, 0.25) is 0 Å². The highest BCUT2D eigenvalue weighted by Crippen LogP contribution is 2.36. The summed E-state index contributed by atoms with van der Waals surface area (Å²) < 4.78 is 17.5. The van der Waals surface area contributed by atoms with E-state index in [1.807, 2.05) is 13.8 Å². The van der Waals surface area contributed by atoms with Crippen molar-refractivity contribution < 1.29 is 19.3 Å². The fourth-order valence-electron chi connectivity index (χ4n) is 2.74. The molecule has 0 amide bonds. The van der Waals surface area contributed by atoms with E-state index < -0.39 is 0 Å². The van der Waals surface area contributed by atoms with E-state index in [1.165, 1.54) is 25.7 Å². The Hall–Kier alpha value is -0.160. The molecule has 0 radical (unpaired) electrons. The van der Waals surface area contributed by atoms with Crippen molar-refractivity contribution in [1.82, 2.24) is 0 Å². The van der Waals surface area contributed by atoms with E-state index >= 15 is 0 Å². The fourth-order valence-corrected chi connectivity index (χ4v) is 2.74. The van der Waals surface area contributed by atoms with Crippen LogP contribution in [0.3, 0.4) is 0 Å². The summed E-state index contributed by atoms with van der Waals surface area (Å²) in [6.07, 6.45) is 6.03. The zero-order chi connectivity index (χ0) is 15.0. The largest absolute Gasteiger partial charge is 0.394 e. The molecule has 0 aliphatic heterocycles. The summed E-state index contributed by atoms with van der Waals surface area (Å²) in [5, 5.41) is 8.89. The van der Waals surface area contributed by atoms with E-state index in [1.54, 1.807) is 0 Å². The Morgan fingerprint density at radius 2 is 1.50 bits per heavy atom. The van der Waals surface area contributed by atoms with Crippen molar-refractivity contribution in [3.8, 4) is 0 Å². The number of ether oxygens (including phenoxy) is 3. The lowest BCUT2D eigenvalue weighted by atomic mass is 9.98. The molecule has 0 bridgehead atoms. The summed E-state index contributed by atoms with van der Waals surface area (Å²) in [7, 11) is 0. The van der Waals surface area contributed by atoms with Gasteiger partial charge in [0.1, 0.15) is 0 Å². The SMILES string of the molecule is CCC1(OC(C)COC(C)COC(C)CO)CCCC1. The van der Waals surface area contributed by atoms with Crippen LogP contribution >= 0.6 is 0 Å². The van der Waals surface area contributed by atoms with Crippen molar-refractivity contribution in [2.75, 3.05) is 19.8 Å². The maximum absolute atomic E-state index is 8.89. The van der Waals surface area contributed by atoms with Crippen LogP contribution in [0, 0.1) is 0 Å². The smallest absolute Gasteiger partial charge is 0.0788 e. The zero-order valence-corrected chi connectivity index (χ0v) is 13.6. The highest BCUT2D eigenvalue weighted by Gasteiger charge is 2.34. The van der Waals surface area contributed by atoms with Crippen LogP contribution in [0.1, 0.15) is 59.8 Å². The summed E-state index contributed by atoms with van der Waals surface area (Å²) in [6, 6.07) is 0. The summed E-state index contributed by atoms with van der Waals surface area (Å²) >= 11 is 0. The minimum Gasteiger partial charge on any atom is -0.394 e. The summed E-state index contributed by atoms with van der Waals surface area (Å²) in [6.45, 7) is 9.29. The summed E-state index contributed by atoms with van der Waals surface area (Å²) in [5.74, 6) is 0. The normalized spacial score (nSPS) is 22.6. The minimum atomic E-state index is -0.128. The third-order valence-electron chi connectivity index (χ3n) is 4.10. The Bertz CT molecular complexity index is 251. The van der Waals surface area contributed by atoms with Gasteiger partial charge in [-0.1, -0.05) is 19.8 Å². The molecule has 1 rings (SSSR count). The van der Waals surface area contributed by atoms with Crippen molar-refractivity contribution in [2.24, 2.45) is 0 Å². The van der Waals surface area contributed by atoms with Crippen molar-refractivity contribution in [2.45, 2.75) is 83.7 Å². The first-order valence-corrected chi connectivity index (χ1v) is 8.03. The molecule has 0 aromatic carbocycles. The van der Waals surface area contributed by atoms with Crippen molar-refractivity contribution in [1.29, 1.82) is 0 Å². The summed E-state index contributed by atoms with van der Waals surface area (Å²) in [5.41, 5.74) is 0.0912. The summed E-state index contributed by atoms with van der Waals surface area (Å²) in [4.78, 5) is 0. The molecule has 120 valence electrons. The van der Waals surface area contributed by atoms with E-state index in [-0.39, 0.29) is 30.5 Å². The van der Waals surface area contributed by atoms with Crippen LogP contribution in [0.5, 0.6) is 0 Å². The maximum atomic E-state index is 8.89. The predicted molar refractivity (Wildman–Crippen MR) is 80.0 cm³/mol. The van der Waals surface area contributed by atoms with Gasteiger partial charge in [-0.3, -0.25) is 0 Å². The highest BCUT2D eigenvalue weighted by molar-refractivity contribution is 4.85. The third kappa shape index (κ3) is 6.08. The number of aliphatic hydroxyl groups is 1. The van der Waals surface area contributed by atoms with Crippen molar-refractivity contribution in [3.63, 3.8) is 0 Å². The molecule has 0 heterocycles. The van der Waals surface area contributed by atoms with E-state index in [4.69, 9.17) is 19.3 Å². The van der Waals surface area contributed by atoms with Gasteiger partial charge in [-0.05, 0) is 40.0 Å². The van der Waals surface area contributed by atoms with Gasteiger partial charge >= 0.3 is 0 Å². The van der Waals surface area contributed by atoms with E-state index in [9.17, 15) is 0 Å². The minimum absolute atomic E-state index is 0.0243. The molecule has 0 spiro atoms. The van der Waals surface area contributed by atoms with Crippen LogP contribution < -0.4 is 0 Å². The second-order valence-electron chi connectivity index (χ2n) is 6.14. The topological polar surface area (TPSA) is 47.9 Å². The molecule has 3 unspecified atom stereocenters. The van der Waals surface area contributed by atoms with E-state index in [0.29, 0.717) is 13.2 Å². The van der Waals surface area contributed by atoms with Crippen LogP contribution in [0.4, 0.5) is 0 Å². The first-order valence-electron chi connectivity index (χ1n) is 8.03. The van der Waals surface area contributed by atoms with Gasteiger partial charge in [0.15, 0.2) is 0 Å². The molecule has 0 saturated heterocycles. The maximum Gasteiger partial charge on any atom is 0.0788 e. The third-order valence-corrected chi connectivity index (χ3v) is 4.10. The molecule has 1 N–H and O–H groups in total. The molecule has 0 aromatic rings. The average molecular weight is 288 g/mol. The van der Waals surface area contributed by atoms with Crippen LogP contribution in [-0.2, 0) is 14.2 Å². The predicted octanol–water partition coefficient (Wildman–Crippen LogP) is 2.92. The van der Waals surface area contributed by atoms with Gasteiger partial charge in [0.05, 0.1) is 43.7 Å². The lowest BCUT2D eigenvalue weighted by Crippen LogP contribution is -2.35. The Labute approximate surface area is 123 Å². The molecule has 0 aromatic heterocycles. The quantitative estimate of drug-likeness (QED) is 0.671. The molecule has 1 aliphatic rings. The first kappa shape index (κ1) is 17.9. The number of hydrogen-bond acceptors (Lipinski definition) is 4. The van der Waals surface area contributed by atoms with Crippen LogP contribution in [0.15, 0.2) is 0 Å². The van der Waals surface area contributed by atoms with Gasteiger partial charge in [-0.2, -0.15) is 0 Å². The highest BCUT2D eigenvalue weighted by atomic mass is 16.6. The molecular weight excluding hydrogens is 256 g/mol. The van der Waals surface area contributed by atoms with Gasteiger partial charge in [-0.25, -0.2) is 0 Å². The van der Waals surface area contributed by atoms with E-state index in [2.05, 4.69) is 13.8 Å². The molecule has 1 fully saturated rings. The van der Waals surface area contributed by atoms with Crippen molar-refractivity contribution in [3.05, 3.63) is 0 Å². The fraction of sp³-hybridized carbons (Fsp3) is 1.00. The van der Waals surface area contributed by atoms with Gasteiger partial charge in [-0.15, -0.1) is 0 Å². The second-order valence-corrected chi connectivity index (χ2v) is 6.14. The van der Waals surface area contributed by atoms with Crippen LogP contribution in [-0.4, -0.2) is 48.8 Å². The Morgan fingerprint density at radius 3 is 2.05 bits per heavy atom. The monoisotopic (exact) mass is 288 g/mol. The Kier molecular flexibility index (Phi) is 8.03. The van der Waals surface area contributed by atoms with Crippen molar-refractivity contribution >= 4 is 0 Å². The lowest BCUT2D eigenvalue weighted by molar-refractivity contribution is -0.127. The lowest BCUT2D eigenvalue weighted by Gasteiger charge is -2.32. The molecule has 20 heavy (non-hydrogen) atoms. The number of aliphatic hydroxyl groups excluding tert-OH is 1. The molecule has 1 aliphatic carbocycles. The van der Waals surface area contributed by atoms with E-state index in [0.717, 1.165) is 6.42 Å². The molecule has 4 nitrogen and oxygen atoms in total.